The number of aliphatic hydroxyl groups excluding tert-OH is 1. The molecule has 108 valence electrons. The van der Waals surface area contributed by atoms with Gasteiger partial charge in [-0.15, -0.1) is 0 Å². The van der Waals surface area contributed by atoms with Crippen LogP contribution in [0.4, 0.5) is 0 Å². The van der Waals surface area contributed by atoms with Crippen LogP contribution < -0.4 is 9.47 Å². The SMILES string of the molecule is COc1cc(C(C)(C)C)cc(C(C)(C)CO)c1OC. The predicted molar refractivity (Wildman–Crippen MR) is 78.4 cm³/mol. The normalized spacial score (nSPS) is 12.4. The number of methoxy groups -OCH3 is 2. The van der Waals surface area contributed by atoms with Gasteiger partial charge in [-0.1, -0.05) is 40.7 Å². The molecule has 0 unspecified atom stereocenters. The lowest BCUT2D eigenvalue weighted by Crippen LogP contribution is -2.24. The molecule has 3 nitrogen and oxygen atoms in total. The molecule has 0 spiro atoms. The average molecular weight is 266 g/mol. The Labute approximate surface area is 116 Å². The molecule has 0 bridgehead atoms. The molecule has 1 aromatic rings. The van der Waals surface area contributed by atoms with E-state index in [0.717, 1.165) is 5.56 Å². The van der Waals surface area contributed by atoms with E-state index < -0.39 is 0 Å². The Morgan fingerprint density at radius 3 is 1.95 bits per heavy atom. The Morgan fingerprint density at radius 1 is 1.00 bits per heavy atom. The van der Waals surface area contributed by atoms with Crippen LogP contribution in [0.15, 0.2) is 12.1 Å². The Bertz CT molecular complexity index is 442. The van der Waals surface area contributed by atoms with Crippen molar-refractivity contribution in [2.75, 3.05) is 20.8 Å². The molecule has 0 aliphatic heterocycles. The Balaban J connectivity index is 3.58. The van der Waals surface area contributed by atoms with Gasteiger partial charge in [0.05, 0.1) is 20.8 Å². The molecule has 0 saturated heterocycles. The van der Waals surface area contributed by atoms with Crippen LogP contribution in [-0.4, -0.2) is 25.9 Å². The number of hydrogen-bond donors (Lipinski definition) is 1. The van der Waals surface area contributed by atoms with E-state index in [9.17, 15) is 5.11 Å². The van der Waals surface area contributed by atoms with E-state index >= 15 is 0 Å². The molecule has 0 saturated carbocycles. The van der Waals surface area contributed by atoms with Gasteiger partial charge in [-0.3, -0.25) is 0 Å². The first-order chi connectivity index (χ1) is 8.67. The van der Waals surface area contributed by atoms with Gasteiger partial charge in [0, 0.05) is 11.0 Å². The molecule has 0 heterocycles. The second-order valence-corrected chi connectivity index (χ2v) is 6.55. The number of hydrogen-bond acceptors (Lipinski definition) is 3. The van der Waals surface area contributed by atoms with Gasteiger partial charge in [0.15, 0.2) is 11.5 Å². The zero-order valence-electron chi connectivity index (χ0n) is 13.1. The summed E-state index contributed by atoms with van der Waals surface area (Å²) in [5.74, 6) is 1.42. The highest BCUT2D eigenvalue weighted by atomic mass is 16.5. The van der Waals surface area contributed by atoms with Gasteiger partial charge < -0.3 is 14.6 Å². The van der Waals surface area contributed by atoms with Gasteiger partial charge in [-0.25, -0.2) is 0 Å². The summed E-state index contributed by atoms with van der Waals surface area (Å²) in [5.41, 5.74) is 1.78. The van der Waals surface area contributed by atoms with E-state index in [1.54, 1.807) is 14.2 Å². The smallest absolute Gasteiger partial charge is 0.164 e. The van der Waals surface area contributed by atoms with Gasteiger partial charge in [-0.2, -0.15) is 0 Å². The lowest BCUT2D eigenvalue weighted by molar-refractivity contribution is 0.213. The van der Waals surface area contributed by atoms with Gasteiger partial charge in [0.1, 0.15) is 0 Å². The van der Waals surface area contributed by atoms with Gasteiger partial charge in [-0.05, 0) is 17.0 Å². The van der Waals surface area contributed by atoms with Crippen molar-refractivity contribution in [3.63, 3.8) is 0 Å². The highest BCUT2D eigenvalue weighted by molar-refractivity contribution is 5.53. The molecular formula is C16H26O3. The first-order valence-corrected chi connectivity index (χ1v) is 6.55. The van der Waals surface area contributed by atoms with Crippen LogP contribution in [0.25, 0.3) is 0 Å². The van der Waals surface area contributed by atoms with E-state index in [4.69, 9.17) is 9.47 Å². The topological polar surface area (TPSA) is 38.7 Å². The summed E-state index contributed by atoms with van der Waals surface area (Å²) in [6.45, 7) is 10.5. The number of rotatable bonds is 4. The molecule has 1 aromatic carbocycles. The van der Waals surface area contributed by atoms with Crippen LogP contribution in [0.3, 0.4) is 0 Å². The van der Waals surface area contributed by atoms with Crippen LogP contribution >= 0.6 is 0 Å². The molecular weight excluding hydrogens is 240 g/mol. The highest BCUT2D eigenvalue weighted by Crippen LogP contribution is 2.41. The van der Waals surface area contributed by atoms with Crippen LogP contribution in [0.1, 0.15) is 45.7 Å². The fourth-order valence-corrected chi connectivity index (χ4v) is 1.99. The van der Waals surface area contributed by atoms with Crippen LogP contribution in [-0.2, 0) is 10.8 Å². The van der Waals surface area contributed by atoms with Gasteiger partial charge in [0.2, 0.25) is 0 Å². The molecule has 3 heteroatoms. The van der Waals surface area contributed by atoms with E-state index in [0.29, 0.717) is 11.5 Å². The first kappa shape index (κ1) is 15.8. The van der Waals surface area contributed by atoms with Crippen molar-refractivity contribution in [2.45, 2.75) is 45.4 Å². The summed E-state index contributed by atoms with van der Waals surface area (Å²) in [6.07, 6.45) is 0. The van der Waals surface area contributed by atoms with Crippen molar-refractivity contribution in [2.24, 2.45) is 0 Å². The number of benzene rings is 1. The van der Waals surface area contributed by atoms with Crippen molar-refractivity contribution in [1.82, 2.24) is 0 Å². The molecule has 1 rings (SSSR count). The summed E-state index contributed by atoms with van der Waals surface area (Å²) in [4.78, 5) is 0. The molecule has 0 atom stereocenters. The Morgan fingerprint density at radius 2 is 1.58 bits per heavy atom. The minimum absolute atomic E-state index is 0.0137. The zero-order chi connectivity index (χ0) is 14.8. The zero-order valence-corrected chi connectivity index (χ0v) is 13.1. The maximum atomic E-state index is 9.63. The van der Waals surface area contributed by atoms with E-state index in [1.165, 1.54) is 5.56 Å². The summed E-state index contributed by atoms with van der Waals surface area (Å²) in [7, 11) is 3.27. The van der Waals surface area contributed by atoms with Crippen LogP contribution in [0.5, 0.6) is 11.5 Å². The highest BCUT2D eigenvalue weighted by Gasteiger charge is 2.28. The second-order valence-electron chi connectivity index (χ2n) is 6.55. The van der Waals surface area contributed by atoms with E-state index in [-0.39, 0.29) is 17.4 Å². The van der Waals surface area contributed by atoms with Gasteiger partial charge >= 0.3 is 0 Å². The van der Waals surface area contributed by atoms with Crippen molar-refractivity contribution in [1.29, 1.82) is 0 Å². The third-order valence-electron chi connectivity index (χ3n) is 3.47. The van der Waals surface area contributed by atoms with Crippen molar-refractivity contribution >= 4 is 0 Å². The quantitative estimate of drug-likeness (QED) is 0.909. The van der Waals surface area contributed by atoms with E-state index in [1.807, 2.05) is 19.9 Å². The van der Waals surface area contributed by atoms with Crippen molar-refractivity contribution < 1.29 is 14.6 Å². The fraction of sp³-hybridized carbons (Fsp3) is 0.625. The van der Waals surface area contributed by atoms with E-state index in [2.05, 4.69) is 26.8 Å². The number of ether oxygens (including phenoxy) is 2. The Kier molecular flexibility index (Phi) is 4.51. The van der Waals surface area contributed by atoms with Crippen molar-refractivity contribution in [3.8, 4) is 11.5 Å². The predicted octanol–water partition coefficient (Wildman–Crippen LogP) is 3.27. The lowest BCUT2D eigenvalue weighted by atomic mass is 9.79. The molecule has 0 radical (unpaired) electrons. The summed E-state index contributed by atoms with van der Waals surface area (Å²) in [6, 6.07) is 4.12. The minimum atomic E-state index is -0.375. The number of aliphatic hydroxyl groups is 1. The lowest BCUT2D eigenvalue weighted by Gasteiger charge is -2.29. The largest absolute Gasteiger partial charge is 0.493 e. The maximum absolute atomic E-state index is 9.63. The first-order valence-electron chi connectivity index (χ1n) is 6.55. The summed E-state index contributed by atoms with van der Waals surface area (Å²) < 4.78 is 10.9. The third kappa shape index (κ3) is 3.21. The molecule has 0 amide bonds. The molecule has 19 heavy (non-hydrogen) atoms. The monoisotopic (exact) mass is 266 g/mol. The minimum Gasteiger partial charge on any atom is -0.493 e. The third-order valence-corrected chi connectivity index (χ3v) is 3.47. The van der Waals surface area contributed by atoms with Gasteiger partial charge in [0.25, 0.3) is 0 Å². The summed E-state index contributed by atoms with van der Waals surface area (Å²) >= 11 is 0. The average Bonchev–Trinajstić information content (AvgIpc) is 2.35. The molecule has 0 aromatic heterocycles. The molecule has 0 aliphatic carbocycles. The second kappa shape index (κ2) is 5.41. The standard InChI is InChI=1S/C16H26O3/c1-15(2,3)11-8-12(16(4,5)10-17)14(19-7)13(9-11)18-6/h8-9,17H,10H2,1-7H3. The van der Waals surface area contributed by atoms with Crippen LogP contribution in [0, 0.1) is 0 Å². The maximum Gasteiger partial charge on any atom is 0.164 e. The molecule has 1 N–H and O–H groups in total. The Hall–Kier alpha value is -1.22. The molecule has 0 fully saturated rings. The molecule has 0 aliphatic rings. The van der Waals surface area contributed by atoms with Crippen molar-refractivity contribution in [3.05, 3.63) is 23.3 Å². The van der Waals surface area contributed by atoms with Crippen LogP contribution in [0.2, 0.25) is 0 Å². The summed E-state index contributed by atoms with van der Waals surface area (Å²) in [5, 5.41) is 9.63. The fourth-order valence-electron chi connectivity index (χ4n) is 1.99.